The molecule has 0 spiro atoms. The summed E-state index contributed by atoms with van der Waals surface area (Å²) in [4.78, 5) is 2.09. The van der Waals surface area contributed by atoms with Crippen molar-refractivity contribution in [2.45, 2.75) is 18.9 Å². The molecule has 1 aromatic carbocycles. The molecule has 7 heteroatoms. The van der Waals surface area contributed by atoms with Gasteiger partial charge in [0.25, 0.3) is 0 Å². The maximum absolute atomic E-state index is 13.1. The van der Waals surface area contributed by atoms with Gasteiger partial charge in [-0.25, -0.2) is 8.78 Å². The molecule has 0 aromatic heterocycles. The van der Waals surface area contributed by atoms with E-state index in [0.29, 0.717) is 11.5 Å². The SMILES string of the molecule is COc1cc(Br)c([C@@H](CC(F)F)N2CCNCC2)cc1OC. The molecule has 1 N–H and O–H groups in total. The second kappa shape index (κ2) is 8.08. The molecule has 124 valence electrons. The first kappa shape index (κ1) is 17.4. The minimum absolute atomic E-state index is 0.200. The Labute approximate surface area is 137 Å². The molecular formula is C15H21BrF2N2O2. The second-order valence-electron chi connectivity index (χ2n) is 5.16. The zero-order valence-electron chi connectivity index (χ0n) is 12.7. The summed E-state index contributed by atoms with van der Waals surface area (Å²) in [7, 11) is 3.10. The summed E-state index contributed by atoms with van der Waals surface area (Å²) in [6.45, 7) is 3.12. The van der Waals surface area contributed by atoms with Crippen LogP contribution in [0, 0.1) is 0 Å². The monoisotopic (exact) mass is 378 g/mol. The lowest BCUT2D eigenvalue weighted by atomic mass is 10.0. The number of methoxy groups -OCH3 is 2. The third kappa shape index (κ3) is 4.08. The van der Waals surface area contributed by atoms with Crippen molar-refractivity contribution in [2.24, 2.45) is 0 Å². The van der Waals surface area contributed by atoms with E-state index in [2.05, 4.69) is 26.1 Å². The fourth-order valence-corrected chi connectivity index (χ4v) is 3.35. The highest BCUT2D eigenvalue weighted by atomic mass is 79.9. The quantitative estimate of drug-likeness (QED) is 0.824. The molecule has 0 bridgehead atoms. The van der Waals surface area contributed by atoms with Crippen LogP contribution >= 0.6 is 15.9 Å². The number of nitrogens with one attached hydrogen (secondary N) is 1. The van der Waals surface area contributed by atoms with E-state index in [9.17, 15) is 8.78 Å². The van der Waals surface area contributed by atoms with Crippen molar-refractivity contribution in [2.75, 3.05) is 40.4 Å². The van der Waals surface area contributed by atoms with E-state index in [-0.39, 0.29) is 12.5 Å². The Kier molecular flexibility index (Phi) is 6.40. The van der Waals surface area contributed by atoms with E-state index in [1.807, 2.05) is 0 Å². The molecule has 1 heterocycles. The fraction of sp³-hybridized carbons (Fsp3) is 0.600. The average molecular weight is 379 g/mol. The summed E-state index contributed by atoms with van der Waals surface area (Å²) in [5.41, 5.74) is 0.805. The van der Waals surface area contributed by atoms with Crippen LogP contribution in [0.3, 0.4) is 0 Å². The molecule has 0 radical (unpaired) electrons. The van der Waals surface area contributed by atoms with Crippen molar-refractivity contribution in [3.63, 3.8) is 0 Å². The normalized spacial score (nSPS) is 17.5. The molecule has 4 nitrogen and oxygen atoms in total. The molecule has 1 aliphatic heterocycles. The minimum atomic E-state index is -2.36. The van der Waals surface area contributed by atoms with Gasteiger partial charge < -0.3 is 14.8 Å². The molecular weight excluding hydrogens is 358 g/mol. The topological polar surface area (TPSA) is 33.7 Å². The summed E-state index contributed by atoms with van der Waals surface area (Å²) in [5, 5.41) is 3.24. The molecule has 22 heavy (non-hydrogen) atoms. The van der Waals surface area contributed by atoms with Crippen molar-refractivity contribution >= 4 is 15.9 Å². The second-order valence-corrected chi connectivity index (χ2v) is 6.01. The van der Waals surface area contributed by atoms with Crippen LogP contribution in [0.4, 0.5) is 8.78 Å². The predicted octanol–water partition coefficient (Wildman–Crippen LogP) is 3.07. The zero-order chi connectivity index (χ0) is 16.1. The number of nitrogens with zero attached hydrogens (tertiary/aromatic N) is 1. The predicted molar refractivity (Wildman–Crippen MR) is 85.1 cm³/mol. The first-order valence-electron chi connectivity index (χ1n) is 7.21. The lowest BCUT2D eigenvalue weighted by molar-refractivity contribution is 0.0735. The lowest BCUT2D eigenvalue weighted by Gasteiger charge is -2.35. The van der Waals surface area contributed by atoms with Gasteiger partial charge in [0.05, 0.1) is 14.2 Å². The number of ether oxygens (including phenoxy) is 2. The Bertz CT molecular complexity index is 497. The van der Waals surface area contributed by atoms with Crippen LogP contribution in [-0.4, -0.2) is 51.7 Å². The van der Waals surface area contributed by atoms with Crippen LogP contribution in [-0.2, 0) is 0 Å². The van der Waals surface area contributed by atoms with Crippen LogP contribution < -0.4 is 14.8 Å². The summed E-state index contributed by atoms with van der Waals surface area (Å²) in [5.74, 6) is 1.13. The number of rotatable bonds is 6. The smallest absolute Gasteiger partial charge is 0.240 e. The minimum Gasteiger partial charge on any atom is -0.493 e. The van der Waals surface area contributed by atoms with Gasteiger partial charge in [-0.3, -0.25) is 4.90 Å². The van der Waals surface area contributed by atoms with Gasteiger partial charge in [0.1, 0.15) is 0 Å². The lowest BCUT2D eigenvalue weighted by Crippen LogP contribution is -2.45. The summed E-state index contributed by atoms with van der Waals surface area (Å²) in [6.07, 6.45) is -2.56. The highest BCUT2D eigenvalue weighted by molar-refractivity contribution is 9.10. The molecule has 1 aliphatic rings. The first-order valence-corrected chi connectivity index (χ1v) is 8.00. The molecule has 0 saturated carbocycles. The maximum atomic E-state index is 13.1. The number of piperazine rings is 1. The van der Waals surface area contributed by atoms with E-state index >= 15 is 0 Å². The van der Waals surface area contributed by atoms with Crippen LogP contribution in [0.15, 0.2) is 16.6 Å². The van der Waals surface area contributed by atoms with E-state index in [4.69, 9.17) is 9.47 Å². The Balaban J connectivity index is 2.37. The number of benzene rings is 1. The van der Waals surface area contributed by atoms with Gasteiger partial charge in [-0.05, 0) is 17.7 Å². The van der Waals surface area contributed by atoms with E-state index in [1.165, 1.54) is 0 Å². The van der Waals surface area contributed by atoms with Gasteiger partial charge in [-0.2, -0.15) is 0 Å². The van der Waals surface area contributed by atoms with Crippen molar-refractivity contribution in [3.8, 4) is 11.5 Å². The Morgan fingerprint density at radius 1 is 1.18 bits per heavy atom. The standard InChI is InChI=1S/C15H21BrF2N2O2/c1-21-13-7-10(11(16)8-14(13)22-2)12(9-15(17)18)20-5-3-19-4-6-20/h7-8,12,15,19H,3-6,9H2,1-2H3/t12-/m1/s1. The fourth-order valence-electron chi connectivity index (χ4n) is 2.76. The van der Waals surface area contributed by atoms with Gasteiger partial charge in [-0.15, -0.1) is 0 Å². The van der Waals surface area contributed by atoms with Crippen molar-refractivity contribution in [3.05, 3.63) is 22.2 Å². The average Bonchev–Trinajstić information content (AvgIpc) is 2.53. The molecule has 0 amide bonds. The maximum Gasteiger partial charge on any atom is 0.240 e. The number of alkyl halides is 2. The molecule has 1 saturated heterocycles. The molecule has 0 unspecified atom stereocenters. The molecule has 1 atom stereocenters. The third-order valence-corrected chi connectivity index (χ3v) is 4.54. The van der Waals surface area contributed by atoms with Crippen LogP contribution in [0.5, 0.6) is 11.5 Å². The third-order valence-electron chi connectivity index (χ3n) is 3.86. The summed E-state index contributed by atoms with van der Waals surface area (Å²) in [6, 6.07) is 3.21. The molecule has 1 fully saturated rings. The van der Waals surface area contributed by atoms with Gasteiger partial charge in [0.15, 0.2) is 11.5 Å². The number of hydrogen-bond donors (Lipinski definition) is 1. The van der Waals surface area contributed by atoms with Crippen molar-refractivity contribution < 1.29 is 18.3 Å². The number of halogens is 3. The van der Waals surface area contributed by atoms with E-state index in [1.54, 1.807) is 26.4 Å². The molecule has 1 aromatic rings. The van der Waals surface area contributed by atoms with Gasteiger partial charge in [0, 0.05) is 43.1 Å². The van der Waals surface area contributed by atoms with Gasteiger partial charge in [-0.1, -0.05) is 15.9 Å². The van der Waals surface area contributed by atoms with Gasteiger partial charge >= 0.3 is 0 Å². The van der Waals surface area contributed by atoms with Crippen LogP contribution in [0.2, 0.25) is 0 Å². The Hall–Kier alpha value is -0.920. The summed E-state index contributed by atoms with van der Waals surface area (Å²) >= 11 is 3.49. The number of hydrogen-bond acceptors (Lipinski definition) is 4. The molecule has 2 rings (SSSR count). The molecule has 0 aliphatic carbocycles. The van der Waals surface area contributed by atoms with E-state index < -0.39 is 6.43 Å². The Morgan fingerprint density at radius 3 is 2.32 bits per heavy atom. The van der Waals surface area contributed by atoms with Crippen LogP contribution in [0.25, 0.3) is 0 Å². The summed E-state index contributed by atoms with van der Waals surface area (Å²) < 4.78 is 37.5. The first-order chi connectivity index (χ1) is 10.6. The Morgan fingerprint density at radius 2 is 1.77 bits per heavy atom. The van der Waals surface area contributed by atoms with Crippen LogP contribution in [0.1, 0.15) is 18.0 Å². The highest BCUT2D eigenvalue weighted by Crippen LogP contribution is 2.39. The van der Waals surface area contributed by atoms with Crippen molar-refractivity contribution in [1.82, 2.24) is 10.2 Å². The largest absolute Gasteiger partial charge is 0.493 e. The van der Waals surface area contributed by atoms with E-state index in [0.717, 1.165) is 36.2 Å². The van der Waals surface area contributed by atoms with Gasteiger partial charge in [0.2, 0.25) is 6.43 Å². The highest BCUT2D eigenvalue weighted by Gasteiger charge is 2.28. The zero-order valence-corrected chi connectivity index (χ0v) is 14.3. The van der Waals surface area contributed by atoms with Crippen molar-refractivity contribution in [1.29, 1.82) is 0 Å².